The SMILES string of the molecule is CC1CCN(C(=O)Nc2nncs2)C(C(=O)O)C1. The van der Waals surface area contributed by atoms with E-state index in [-0.39, 0.29) is 0 Å². The molecule has 0 bridgehead atoms. The smallest absolute Gasteiger partial charge is 0.326 e. The minimum Gasteiger partial charge on any atom is -0.480 e. The fraction of sp³-hybridized carbons (Fsp3) is 0.600. The molecule has 98 valence electrons. The van der Waals surface area contributed by atoms with Crippen LogP contribution in [0.4, 0.5) is 9.93 Å². The average Bonchev–Trinajstić information content (AvgIpc) is 2.81. The van der Waals surface area contributed by atoms with E-state index in [2.05, 4.69) is 15.5 Å². The fourth-order valence-electron chi connectivity index (χ4n) is 2.01. The molecule has 1 aliphatic rings. The Hall–Kier alpha value is -1.70. The minimum absolute atomic E-state index is 0.316. The van der Waals surface area contributed by atoms with Gasteiger partial charge >= 0.3 is 12.0 Å². The highest BCUT2D eigenvalue weighted by Gasteiger charge is 2.34. The zero-order chi connectivity index (χ0) is 13.1. The van der Waals surface area contributed by atoms with Crippen LogP contribution in [-0.2, 0) is 4.79 Å². The van der Waals surface area contributed by atoms with Crippen LogP contribution in [0.1, 0.15) is 19.8 Å². The lowest BCUT2D eigenvalue weighted by Gasteiger charge is -2.35. The molecule has 1 fully saturated rings. The van der Waals surface area contributed by atoms with Crippen LogP contribution in [0.2, 0.25) is 0 Å². The second kappa shape index (κ2) is 5.30. The first-order chi connectivity index (χ1) is 8.58. The number of hydrogen-bond acceptors (Lipinski definition) is 5. The van der Waals surface area contributed by atoms with Crippen LogP contribution >= 0.6 is 11.3 Å². The Bertz CT molecular complexity index is 436. The lowest BCUT2D eigenvalue weighted by molar-refractivity contribution is -0.143. The van der Waals surface area contributed by atoms with E-state index in [0.717, 1.165) is 6.42 Å². The van der Waals surface area contributed by atoms with Gasteiger partial charge in [0.15, 0.2) is 0 Å². The summed E-state index contributed by atoms with van der Waals surface area (Å²) in [6.45, 7) is 2.44. The standard InChI is InChI=1S/C10H14N4O3S/c1-6-2-3-14(7(4-6)8(15)16)10(17)12-9-13-11-5-18-9/h5-7H,2-4H2,1H3,(H,15,16)(H,12,13,17). The number of nitrogens with one attached hydrogen (secondary N) is 1. The quantitative estimate of drug-likeness (QED) is 0.843. The summed E-state index contributed by atoms with van der Waals surface area (Å²) in [6.07, 6.45) is 1.30. The van der Waals surface area contributed by atoms with Crippen molar-refractivity contribution >= 4 is 28.5 Å². The van der Waals surface area contributed by atoms with Gasteiger partial charge in [-0.15, -0.1) is 10.2 Å². The second-order valence-corrected chi connectivity index (χ2v) is 5.18. The molecule has 7 nitrogen and oxygen atoms in total. The molecule has 2 rings (SSSR count). The normalized spacial score (nSPS) is 23.7. The van der Waals surface area contributed by atoms with Crippen LogP contribution in [0.25, 0.3) is 0 Å². The summed E-state index contributed by atoms with van der Waals surface area (Å²) in [4.78, 5) is 24.5. The van der Waals surface area contributed by atoms with Gasteiger partial charge in [0, 0.05) is 6.54 Å². The molecular formula is C10H14N4O3S. The molecule has 1 aromatic heterocycles. The van der Waals surface area contributed by atoms with E-state index >= 15 is 0 Å². The molecule has 1 aromatic rings. The van der Waals surface area contributed by atoms with Crippen LogP contribution in [0.15, 0.2) is 5.51 Å². The molecule has 2 N–H and O–H groups in total. The first-order valence-electron chi connectivity index (χ1n) is 5.64. The molecule has 1 saturated heterocycles. The Morgan fingerprint density at radius 1 is 1.61 bits per heavy atom. The summed E-state index contributed by atoms with van der Waals surface area (Å²) in [6, 6.07) is -1.19. The molecule has 2 heterocycles. The maximum atomic E-state index is 12.0. The maximum absolute atomic E-state index is 12.0. The van der Waals surface area contributed by atoms with E-state index < -0.39 is 18.0 Å². The topological polar surface area (TPSA) is 95.4 Å². The Kier molecular flexibility index (Phi) is 3.75. The van der Waals surface area contributed by atoms with Crippen molar-refractivity contribution < 1.29 is 14.7 Å². The number of hydrogen-bond donors (Lipinski definition) is 2. The van der Waals surface area contributed by atoms with Crippen molar-refractivity contribution in [3.63, 3.8) is 0 Å². The van der Waals surface area contributed by atoms with Crippen molar-refractivity contribution in [1.82, 2.24) is 15.1 Å². The lowest BCUT2D eigenvalue weighted by atomic mass is 9.93. The van der Waals surface area contributed by atoms with Crippen LogP contribution in [0.5, 0.6) is 0 Å². The molecule has 0 radical (unpaired) electrons. The number of aliphatic carboxylic acids is 1. The predicted octanol–water partition coefficient (Wildman–Crippen LogP) is 1.26. The number of anilines is 1. The molecule has 1 aliphatic heterocycles. The number of carboxylic acid groups (broad SMARTS) is 1. The molecule has 18 heavy (non-hydrogen) atoms. The van der Waals surface area contributed by atoms with Crippen LogP contribution in [-0.4, -0.2) is 44.8 Å². The van der Waals surface area contributed by atoms with Gasteiger partial charge in [0.2, 0.25) is 5.13 Å². The lowest BCUT2D eigenvalue weighted by Crippen LogP contribution is -2.51. The number of urea groups is 1. The van der Waals surface area contributed by atoms with Gasteiger partial charge in [-0.3, -0.25) is 5.32 Å². The maximum Gasteiger partial charge on any atom is 0.326 e. The summed E-state index contributed by atoms with van der Waals surface area (Å²) in [5, 5.41) is 19.4. The molecule has 0 aliphatic carbocycles. The zero-order valence-corrected chi connectivity index (χ0v) is 10.7. The van der Waals surface area contributed by atoms with Crippen molar-refractivity contribution in [3.8, 4) is 0 Å². The third kappa shape index (κ3) is 2.76. The van der Waals surface area contributed by atoms with Crippen molar-refractivity contribution in [2.24, 2.45) is 5.92 Å². The summed E-state index contributed by atoms with van der Waals surface area (Å²) in [5.74, 6) is -0.648. The van der Waals surface area contributed by atoms with E-state index in [1.54, 1.807) is 0 Å². The van der Waals surface area contributed by atoms with Gasteiger partial charge in [-0.05, 0) is 18.8 Å². The van der Waals surface area contributed by atoms with Gasteiger partial charge in [-0.2, -0.15) is 0 Å². The minimum atomic E-state index is -0.964. The molecule has 8 heteroatoms. The van der Waals surface area contributed by atoms with Crippen molar-refractivity contribution in [2.75, 3.05) is 11.9 Å². The highest BCUT2D eigenvalue weighted by molar-refractivity contribution is 7.13. The average molecular weight is 270 g/mol. The second-order valence-electron chi connectivity index (χ2n) is 4.35. The van der Waals surface area contributed by atoms with E-state index in [1.807, 2.05) is 6.92 Å². The summed E-state index contributed by atoms with van der Waals surface area (Å²) in [5.41, 5.74) is 1.50. The van der Waals surface area contributed by atoms with Gasteiger partial charge in [0.1, 0.15) is 11.6 Å². The van der Waals surface area contributed by atoms with Gasteiger partial charge < -0.3 is 10.0 Å². The summed E-state index contributed by atoms with van der Waals surface area (Å²) >= 11 is 1.20. The highest BCUT2D eigenvalue weighted by Crippen LogP contribution is 2.23. The molecule has 2 atom stereocenters. The molecule has 2 unspecified atom stereocenters. The van der Waals surface area contributed by atoms with Crippen LogP contribution < -0.4 is 5.32 Å². The first kappa shape index (κ1) is 12.7. The molecule has 2 amide bonds. The fourth-order valence-corrected chi connectivity index (χ4v) is 2.44. The number of nitrogens with zero attached hydrogens (tertiary/aromatic N) is 3. The van der Waals surface area contributed by atoms with E-state index in [0.29, 0.717) is 24.0 Å². The first-order valence-corrected chi connectivity index (χ1v) is 6.52. The Morgan fingerprint density at radius 2 is 2.39 bits per heavy atom. The summed E-state index contributed by atoms with van der Waals surface area (Å²) < 4.78 is 0. The monoisotopic (exact) mass is 270 g/mol. The number of rotatable bonds is 2. The number of likely N-dealkylation sites (tertiary alicyclic amines) is 1. The molecular weight excluding hydrogens is 256 g/mol. The van der Waals surface area contributed by atoms with Crippen molar-refractivity contribution in [2.45, 2.75) is 25.8 Å². The number of carbonyl (C=O) groups is 2. The van der Waals surface area contributed by atoms with Crippen molar-refractivity contribution in [3.05, 3.63) is 5.51 Å². The molecule has 0 spiro atoms. The number of amides is 2. The number of aromatic nitrogens is 2. The Labute approximate surface area is 108 Å². The van der Waals surface area contributed by atoms with E-state index in [4.69, 9.17) is 5.11 Å². The zero-order valence-electron chi connectivity index (χ0n) is 9.87. The predicted molar refractivity (Wildman–Crippen MR) is 65.5 cm³/mol. The highest BCUT2D eigenvalue weighted by atomic mass is 32.1. The number of carboxylic acids is 1. The van der Waals surface area contributed by atoms with E-state index in [1.165, 1.54) is 21.7 Å². The largest absolute Gasteiger partial charge is 0.480 e. The summed E-state index contributed by atoms with van der Waals surface area (Å²) in [7, 11) is 0. The van der Waals surface area contributed by atoms with Gasteiger partial charge in [-0.1, -0.05) is 18.3 Å². The van der Waals surface area contributed by atoms with Gasteiger partial charge in [0.05, 0.1) is 0 Å². The van der Waals surface area contributed by atoms with Gasteiger partial charge in [-0.25, -0.2) is 9.59 Å². The third-order valence-corrected chi connectivity index (χ3v) is 3.59. The Balaban J connectivity index is 2.05. The molecule has 0 aromatic carbocycles. The number of piperidine rings is 1. The van der Waals surface area contributed by atoms with E-state index in [9.17, 15) is 9.59 Å². The van der Waals surface area contributed by atoms with Crippen LogP contribution in [0, 0.1) is 5.92 Å². The molecule has 0 saturated carbocycles. The van der Waals surface area contributed by atoms with Gasteiger partial charge in [0.25, 0.3) is 0 Å². The third-order valence-electron chi connectivity index (χ3n) is 2.98. The van der Waals surface area contributed by atoms with Crippen LogP contribution in [0.3, 0.4) is 0 Å². The van der Waals surface area contributed by atoms with Crippen molar-refractivity contribution in [1.29, 1.82) is 0 Å². The number of carbonyl (C=O) groups excluding carboxylic acids is 1. The Morgan fingerprint density at radius 3 is 3.00 bits per heavy atom.